The van der Waals surface area contributed by atoms with Crippen LogP contribution in [-0.2, 0) is 6.61 Å². The number of amides is 1. The molecule has 0 aliphatic heterocycles. The van der Waals surface area contributed by atoms with Crippen molar-refractivity contribution < 1.29 is 14.3 Å². The maximum absolute atomic E-state index is 12.3. The standard InChI is InChI=1S/C24H21Cl2IN2O3/c1-3-31-22-11-16(13-28-29-24(30)17-6-4-5-15(2)9-17)10-21(27)23(22)32-14-18-7-8-19(25)12-20(18)26/h4-13H,3,14H2,1-2H3,(H,29,30)/b28-13+. The molecular formula is C24H21Cl2IN2O3. The van der Waals surface area contributed by atoms with E-state index >= 15 is 0 Å². The molecule has 5 nitrogen and oxygen atoms in total. The van der Waals surface area contributed by atoms with Crippen molar-refractivity contribution in [2.24, 2.45) is 5.10 Å². The lowest BCUT2D eigenvalue weighted by atomic mass is 10.1. The molecule has 0 saturated heterocycles. The minimum Gasteiger partial charge on any atom is -0.490 e. The highest BCUT2D eigenvalue weighted by Gasteiger charge is 2.13. The number of hydrogen-bond donors (Lipinski definition) is 1. The zero-order valence-electron chi connectivity index (χ0n) is 17.5. The molecule has 0 bridgehead atoms. The van der Waals surface area contributed by atoms with Crippen LogP contribution in [0, 0.1) is 10.5 Å². The van der Waals surface area contributed by atoms with Crippen molar-refractivity contribution in [1.82, 2.24) is 5.43 Å². The number of nitrogens with one attached hydrogen (secondary N) is 1. The molecule has 1 amide bonds. The van der Waals surface area contributed by atoms with E-state index in [1.165, 1.54) is 0 Å². The first-order valence-corrected chi connectivity index (χ1v) is 11.6. The Balaban J connectivity index is 1.74. The maximum Gasteiger partial charge on any atom is 0.271 e. The number of ether oxygens (including phenoxy) is 2. The number of hydrazone groups is 1. The van der Waals surface area contributed by atoms with Gasteiger partial charge in [-0.15, -0.1) is 0 Å². The lowest BCUT2D eigenvalue weighted by molar-refractivity contribution is 0.0955. The monoisotopic (exact) mass is 582 g/mol. The Morgan fingerprint density at radius 2 is 1.94 bits per heavy atom. The maximum atomic E-state index is 12.3. The zero-order chi connectivity index (χ0) is 23.1. The zero-order valence-corrected chi connectivity index (χ0v) is 21.2. The molecule has 0 radical (unpaired) electrons. The van der Waals surface area contributed by atoms with Gasteiger partial charge in [-0.1, -0.05) is 47.0 Å². The van der Waals surface area contributed by atoms with Gasteiger partial charge in [-0.05, 0) is 78.4 Å². The highest BCUT2D eigenvalue weighted by Crippen LogP contribution is 2.35. The third-order valence-corrected chi connectivity index (χ3v) is 5.77. The highest BCUT2D eigenvalue weighted by molar-refractivity contribution is 14.1. The van der Waals surface area contributed by atoms with Crippen molar-refractivity contribution in [2.45, 2.75) is 20.5 Å². The summed E-state index contributed by atoms with van der Waals surface area (Å²) in [6, 6.07) is 16.3. The second-order valence-electron chi connectivity index (χ2n) is 6.86. The van der Waals surface area contributed by atoms with Crippen molar-refractivity contribution in [3.05, 3.63) is 90.5 Å². The average molecular weight is 583 g/mol. The predicted molar refractivity (Wildman–Crippen MR) is 137 cm³/mol. The van der Waals surface area contributed by atoms with Crippen LogP contribution in [0.4, 0.5) is 0 Å². The van der Waals surface area contributed by atoms with Gasteiger partial charge in [0.25, 0.3) is 5.91 Å². The number of carbonyl (C=O) groups excluding carboxylic acids is 1. The second-order valence-corrected chi connectivity index (χ2v) is 8.86. The summed E-state index contributed by atoms with van der Waals surface area (Å²) in [6.07, 6.45) is 1.57. The van der Waals surface area contributed by atoms with Crippen LogP contribution in [0.2, 0.25) is 10.0 Å². The number of rotatable bonds is 8. The van der Waals surface area contributed by atoms with E-state index in [9.17, 15) is 4.79 Å². The van der Waals surface area contributed by atoms with Crippen LogP contribution in [-0.4, -0.2) is 18.7 Å². The van der Waals surface area contributed by atoms with Gasteiger partial charge < -0.3 is 9.47 Å². The first kappa shape index (κ1) is 24.4. The van der Waals surface area contributed by atoms with Crippen LogP contribution in [0.3, 0.4) is 0 Å². The van der Waals surface area contributed by atoms with E-state index in [1.54, 1.807) is 30.5 Å². The van der Waals surface area contributed by atoms with Crippen molar-refractivity contribution in [1.29, 1.82) is 0 Å². The number of hydrogen-bond acceptors (Lipinski definition) is 4. The van der Waals surface area contributed by atoms with Gasteiger partial charge in [0.1, 0.15) is 6.61 Å². The normalized spacial score (nSPS) is 10.9. The molecule has 3 aromatic rings. The van der Waals surface area contributed by atoms with Gasteiger partial charge in [0, 0.05) is 21.2 Å². The number of halogens is 3. The Hall–Kier alpha value is -2.29. The second kappa shape index (κ2) is 11.5. The van der Waals surface area contributed by atoms with Crippen LogP contribution in [0.25, 0.3) is 0 Å². The van der Waals surface area contributed by atoms with Gasteiger partial charge in [0.2, 0.25) is 0 Å². The first-order chi connectivity index (χ1) is 15.4. The van der Waals surface area contributed by atoms with E-state index in [0.717, 1.165) is 20.3 Å². The van der Waals surface area contributed by atoms with Crippen LogP contribution in [0.1, 0.15) is 34.0 Å². The fraction of sp³-hybridized carbons (Fsp3) is 0.167. The smallest absolute Gasteiger partial charge is 0.271 e. The van der Waals surface area contributed by atoms with Gasteiger partial charge >= 0.3 is 0 Å². The molecule has 0 spiro atoms. The molecule has 0 saturated carbocycles. The molecule has 0 aliphatic rings. The number of benzene rings is 3. The van der Waals surface area contributed by atoms with Gasteiger partial charge in [0.05, 0.1) is 16.4 Å². The highest BCUT2D eigenvalue weighted by atomic mass is 127. The minimum atomic E-state index is -0.274. The quantitative estimate of drug-likeness (QED) is 0.184. The summed E-state index contributed by atoms with van der Waals surface area (Å²) in [5.74, 6) is 0.917. The van der Waals surface area contributed by atoms with Crippen molar-refractivity contribution in [2.75, 3.05) is 6.61 Å². The molecule has 0 heterocycles. The molecule has 32 heavy (non-hydrogen) atoms. The first-order valence-electron chi connectivity index (χ1n) is 9.80. The van der Waals surface area contributed by atoms with Crippen molar-refractivity contribution in [3.63, 3.8) is 0 Å². The summed E-state index contributed by atoms with van der Waals surface area (Å²) < 4.78 is 12.6. The molecule has 0 aliphatic carbocycles. The molecule has 8 heteroatoms. The van der Waals surface area contributed by atoms with Crippen molar-refractivity contribution in [3.8, 4) is 11.5 Å². The number of nitrogens with zero attached hydrogens (tertiary/aromatic N) is 1. The topological polar surface area (TPSA) is 59.9 Å². The van der Waals surface area contributed by atoms with E-state index in [1.807, 2.05) is 44.2 Å². The van der Waals surface area contributed by atoms with E-state index in [-0.39, 0.29) is 12.5 Å². The lowest BCUT2D eigenvalue weighted by Crippen LogP contribution is -2.17. The van der Waals surface area contributed by atoms with E-state index in [0.29, 0.717) is 33.7 Å². The Kier molecular flexibility index (Phi) is 8.78. The van der Waals surface area contributed by atoms with Crippen LogP contribution < -0.4 is 14.9 Å². The summed E-state index contributed by atoms with van der Waals surface area (Å²) in [7, 11) is 0. The van der Waals surface area contributed by atoms with Gasteiger partial charge in [-0.3, -0.25) is 4.79 Å². The van der Waals surface area contributed by atoms with Gasteiger partial charge in [-0.2, -0.15) is 5.10 Å². The Labute approximate surface area is 210 Å². The largest absolute Gasteiger partial charge is 0.490 e. The fourth-order valence-electron chi connectivity index (χ4n) is 2.87. The molecule has 0 unspecified atom stereocenters. The molecule has 3 rings (SSSR count). The molecule has 1 N–H and O–H groups in total. The van der Waals surface area contributed by atoms with Crippen LogP contribution in [0.5, 0.6) is 11.5 Å². The van der Waals surface area contributed by atoms with Crippen LogP contribution in [0.15, 0.2) is 59.7 Å². The Morgan fingerprint density at radius 3 is 2.66 bits per heavy atom. The third-order valence-electron chi connectivity index (χ3n) is 4.38. The summed E-state index contributed by atoms with van der Waals surface area (Å²) >= 11 is 14.4. The average Bonchev–Trinajstić information content (AvgIpc) is 2.74. The van der Waals surface area contributed by atoms with Gasteiger partial charge in [0.15, 0.2) is 11.5 Å². The van der Waals surface area contributed by atoms with Gasteiger partial charge in [-0.25, -0.2) is 5.43 Å². The van der Waals surface area contributed by atoms with E-state index < -0.39 is 0 Å². The van der Waals surface area contributed by atoms with E-state index in [2.05, 4.69) is 33.1 Å². The third kappa shape index (κ3) is 6.60. The molecular weight excluding hydrogens is 562 g/mol. The number of aryl methyl sites for hydroxylation is 1. The molecule has 3 aromatic carbocycles. The number of carbonyl (C=O) groups is 1. The summed E-state index contributed by atoms with van der Waals surface area (Å²) in [6.45, 7) is 4.57. The fourth-order valence-corrected chi connectivity index (χ4v) is 4.11. The SMILES string of the molecule is CCOc1cc(/C=N/NC(=O)c2cccc(C)c2)cc(I)c1OCc1ccc(Cl)cc1Cl. The Bertz CT molecular complexity index is 1150. The summed E-state index contributed by atoms with van der Waals surface area (Å²) in [5.41, 5.74) is 5.69. The Morgan fingerprint density at radius 1 is 1.12 bits per heavy atom. The molecule has 0 atom stereocenters. The predicted octanol–water partition coefficient (Wildman–Crippen LogP) is 6.65. The molecule has 166 valence electrons. The summed E-state index contributed by atoms with van der Waals surface area (Å²) in [5, 5.41) is 5.19. The van der Waals surface area contributed by atoms with E-state index in [4.69, 9.17) is 32.7 Å². The molecule has 0 fully saturated rings. The lowest BCUT2D eigenvalue weighted by Gasteiger charge is -2.15. The van der Waals surface area contributed by atoms with Crippen molar-refractivity contribution >= 4 is 57.9 Å². The molecule has 0 aromatic heterocycles. The minimum absolute atomic E-state index is 0.270. The summed E-state index contributed by atoms with van der Waals surface area (Å²) in [4.78, 5) is 12.3. The van der Waals surface area contributed by atoms with Crippen LogP contribution >= 0.6 is 45.8 Å².